The number of non-ortho nitro benzene ring substituents is 1. The summed E-state index contributed by atoms with van der Waals surface area (Å²) in [6.07, 6.45) is 0. The Hall–Kier alpha value is -1.95. The van der Waals surface area contributed by atoms with Gasteiger partial charge in [0.25, 0.3) is 5.69 Å². The van der Waals surface area contributed by atoms with Crippen molar-refractivity contribution in [1.29, 1.82) is 0 Å². The molecule has 2 rings (SSSR count). The zero-order valence-corrected chi connectivity index (χ0v) is 11.3. The number of hydrogen-bond donors (Lipinski definition) is 0. The van der Waals surface area contributed by atoms with E-state index < -0.39 is 10.7 Å². The van der Waals surface area contributed by atoms with Gasteiger partial charge in [0.05, 0.1) is 4.92 Å². The summed E-state index contributed by atoms with van der Waals surface area (Å²) in [5.41, 5.74) is 0.587. The molecule has 0 spiro atoms. The third-order valence-corrected chi connectivity index (χ3v) is 2.90. The summed E-state index contributed by atoms with van der Waals surface area (Å²) in [6.45, 7) is 0.0645. The van der Waals surface area contributed by atoms with Gasteiger partial charge in [0.1, 0.15) is 6.61 Å². The lowest BCUT2D eigenvalue weighted by Gasteiger charge is -2.07. The van der Waals surface area contributed by atoms with Crippen LogP contribution in [0.4, 0.5) is 10.1 Å². The first-order chi connectivity index (χ1) is 9.06. The molecule has 0 saturated carbocycles. The van der Waals surface area contributed by atoms with Crippen molar-refractivity contribution in [1.82, 2.24) is 0 Å². The molecule has 0 unspecified atom stereocenters. The summed E-state index contributed by atoms with van der Waals surface area (Å²) in [4.78, 5) is 10.1. The Labute approximate surface area is 117 Å². The molecule has 0 aliphatic rings. The van der Waals surface area contributed by atoms with Crippen molar-refractivity contribution in [2.75, 3.05) is 0 Å². The fourth-order valence-corrected chi connectivity index (χ4v) is 1.85. The maximum Gasteiger partial charge on any atom is 0.269 e. The summed E-state index contributed by atoms with van der Waals surface area (Å²) in [5, 5.41) is 10.6. The Kier molecular flexibility index (Phi) is 4.11. The van der Waals surface area contributed by atoms with Gasteiger partial charge in [-0.2, -0.15) is 0 Å². The fraction of sp³-hybridized carbons (Fsp3) is 0.0769. The van der Waals surface area contributed by atoms with Gasteiger partial charge in [-0.15, -0.1) is 0 Å². The van der Waals surface area contributed by atoms with Crippen molar-refractivity contribution in [3.05, 3.63) is 68.4 Å². The lowest BCUT2D eigenvalue weighted by molar-refractivity contribution is -0.384. The molecule has 0 bridgehead atoms. The molecule has 0 aromatic heterocycles. The third kappa shape index (κ3) is 3.51. The number of nitro groups is 1. The van der Waals surface area contributed by atoms with Crippen LogP contribution in [0.2, 0.25) is 0 Å². The van der Waals surface area contributed by atoms with Crippen LogP contribution >= 0.6 is 15.9 Å². The quantitative estimate of drug-likeness (QED) is 0.628. The van der Waals surface area contributed by atoms with Crippen LogP contribution < -0.4 is 4.74 Å². The van der Waals surface area contributed by atoms with E-state index in [4.69, 9.17) is 4.74 Å². The first-order valence-electron chi connectivity index (χ1n) is 5.37. The minimum Gasteiger partial charge on any atom is -0.486 e. The van der Waals surface area contributed by atoms with E-state index in [1.54, 1.807) is 18.2 Å². The normalized spacial score (nSPS) is 10.2. The molecule has 6 heteroatoms. The molecular weight excluding hydrogens is 317 g/mol. The molecule has 0 radical (unpaired) electrons. The minimum atomic E-state index is -0.483. The zero-order valence-electron chi connectivity index (χ0n) is 9.68. The van der Waals surface area contributed by atoms with Gasteiger partial charge in [0.15, 0.2) is 11.6 Å². The third-order valence-electron chi connectivity index (χ3n) is 2.41. The van der Waals surface area contributed by atoms with E-state index in [0.717, 1.165) is 0 Å². The van der Waals surface area contributed by atoms with Crippen LogP contribution in [-0.4, -0.2) is 4.92 Å². The minimum absolute atomic E-state index is 0.0178. The van der Waals surface area contributed by atoms with Gasteiger partial charge in [-0.25, -0.2) is 4.39 Å². The van der Waals surface area contributed by atoms with Gasteiger partial charge in [0.2, 0.25) is 0 Å². The van der Waals surface area contributed by atoms with Gasteiger partial charge in [-0.05, 0) is 23.8 Å². The number of halogens is 2. The Morgan fingerprint density at radius 1 is 1.26 bits per heavy atom. The second kappa shape index (κ2) is 5.79. The van der Waals surface area contributed by atoms with E-state index >= 15 is 0 Å². The largest absolute Gasteiger partial charge is 0.486 e. The van der Waals surface area contributed by atoms with Crippen LogP contribution in [-0.2, 0) is 6.61 Å². The molecule has 0 aliphatic heterocycles. The average Bonchev–Trinajstić information content (AvgIpc) is 2.40. The second-order valence-electron chi connectivity index (χ2n) is 3.79. The number of rotatable bonds is 4. The second-order valence-corrected chi connectivity index (χ2v) is 4.71. The highest BCUT2D eigenvalue weighted by atomic mass is 79.9. The van der Waals surface area contributed by atoms with Crippen LogP contribution in [0.15, 0.2) is 46.9 Å². The number of nitro benzene ring substituents is 1. The highest BCUT2D eigenvalue weighted by Gasteiger charge is 2.08. The highest BCUT2D eigenvalue weighted by Crippen LogP contribution is 2.23. The van der Waals surface area contributed by atoms with E-state index in [1.165, 1.54) is 24.3 Å². The molecule has 0 saturated heterocycles. The molecule has 0 atom stereocenters. The SMILES string of the molecule is O=[N+]([O-])c1cccc(COc2cc(Br)ccc2F)c1. The first-order valence-corrected chi connectivity index (χ1v) is 6.17. The van der Waals surface area contributed by atoms with Crippen molar-refractivity contribution in [2.45, 2.75) is 6.61 Å². The predicted octanol–water partition coefficient (Wildman–Crippen LogP) is 4.08. The van der Waals surface area contributed by atoms with Gasteiger partial charge in [-0.3, -0.25) is 10.1 Å². The standard InChI is InChI=1S/C13H9BrFNO3/c14-10-4-5-12(15)13(7-10)19-8-9-2-1-3-11(6-9)16(17)18/h1-7H,8H2. The average molecular weight is 326 g/mol. The van der Waals surface area contributed by atoms with Gasteiger partial charge in [0, 0.05) is 16.6 Å². The molecule has 2 aromatic rings. The molecule has 4 nitrogen and oxygen atoms in total. The summed E-state index contributed by atoms with van der Waals surface area (Å²) in [6, 6.07) is 10.4. The van der Waals surface area contributed by atoms with Gasteiger partial charge < -0.3 is 4.74 Å². The highest BCUT2D eigenvalue weighted by molar-refractivity contribution is 9.10. The molecule has 0 N–H and O–H groups in total. The summed E-state index contributed by atoms with van der Waals surface area (Å²) in [7, 11) is 0. The Morgan fingerprint density at radius 3 is 2.79 bits per heavy atom. The number of ether oxygens (including phenoxy) is 1. The molecule has 0 heterocycles. The van der Waals surface area contributed by atoms with Crippen LogP contribution in [0.3, 0.4) is 0 Å². The first kappa shape index (κ1) is 13.5. The Balaban J connectivity index is 2.12. The van der Waals surface area contributed by atoms with Crippen LogP contribution in [0, 0.1) is 15.9 Å². The lowest BCUT2D eigenvalue weighted by Crippen LogP contribution is -1.98. The number of benzene rings is 2. The monoisotopic (exact) mass is 325 g/mol. The summed E-state index contributed by atoms with van der Waals surface area (Å²) >= 11 is 3.22. The van der Waals surface area contributed by atoms with Crippen LogP contribution in [0.1, 0.15) is 5.56 Å². The van der Waals surface area contributed by atoms with Gasteiger partial charge in [-0.1, -0.05) is 28.1 Å². The summed E-state index contributed by atoms with van der Waals surface area (Å²) < 4.78 is 19.4. The van der Waals surface area contributed by atoms with Crippen molar-refractivity contribution < 1.29 is 14.1 Å². The topological polar surface area (TPSA) is 52.4 Å². The molecule has 98 valence electrons. The maximum atomic E-state index is 13.4. The van der Waals surface area contributed by atoms with Crippen molar-refractivity contribution in [3.8, 4) is 5.75 Å². The predicted molar refractivity (Wildman–Crippen MR) is 71.5 cm³/mol. The smallest absolute Gasteiger partial charge is 0.269 e. The van der Waals surface area contributed by atoms with E-state index in [1.807, 2.05) is 0 Å². The number of hydrogen-bond acceptors (Lipinski definition) is 3. The van der Waals surface area contributed by atoms with E-state index in [9.17, 15) is 14.5 Å². The Bertz CT molecular complexity index is 619. The molecule has 0 fully saturated rings. The lowest BCUT2D eigenvalue weighted by atomic mass is 10.2. The molecular formula is C13H9BrFNO3. The van der Waals surface area contributed by atoms with Crippen molar-refractivity contribution in [2.24, 2.45) is 0 Å². The van der Waals surface area contributed by atoms with Crippen LogP contribution in [0.5, 0.6) is 5.75 Å². The Morgan fingerprint density at radius 2 is 2.05 bits per heavy atom. The molecule has 19 heavy (non-hydrogen) atoms. The van der Waals surface area contributed by atoms with E-state index in [-0.39, 0.29) is 18.0 Å². The summed E-state index contributed by atoms with van der Waals surface area (Å²) in [5.74, 6) is -0.380. The molecule has 0 aliphatic carbocycles. The maximum absolute atomic E-state index is 13.4. The fourth-order valence-electron chi connectivity index (χ4n) is 1.51. The van der Waals surface area contributed by atoms with E-state index in [0.29, 0.717) is 10.0 Å². The van der Waals surface area contributed by atoms with E-state index in [2.05, 4.69) is 15.9 Å². The van der Waals surface area contributed by atoms with Crippen molar-refractivity contribution >= 4 is 21.6 Å². The van der Waals surface area contributed by atoms with Gasteiger partial charge >= 0.3 is 0 Å². The number of nitrogens with zero attached hydrogens (tertiary/aromatic N) is 1. The molecule has 0 amide bonds. The van der Waals surface area contributed by atoms with Crippen molar-refractivity contribution in [3.63, 3.8) is 0 Å². The zero-order chi connectivity index (χ0) is 13.8. The molecule has 2 aromatic carbocycles. The van der Waals surface area contributed by atoms with Crippen LogP contribution in [0.25, 0.3) is 0 Å².